The lowest BCUT2D eigenvalue weighted by atomic mass is 10.0. The number of nitrogens with zero attached hydrogens (tertiary/aromatic N) is 2. The van der Waals surface area contributed by atoms with Gasteiger partial charge in [0.2, 0.25) is 10.0 Å². The molecule has 0 radical (unpaired) electrons. The lowest BCUT2D eigenvalue weighted by molar-refractivity contribution is 0.0734. The second-order valence-electron chi connectivity index (χ2n) is 8.48. The van der Waals surface area contributed by atoms with Crippen LogP contribution in [-0.4, -0.2) is 56.4 Å². The van der Waals surface area contributed by atoms with Crippen molar-refractivity contribution in [2.75, 3.05) is 32.8 Å². The molecule has 7 nitrogen and oxygen atoms in total. The van der Waals surface area contributed by atoms with E-state index in [1.54, 1.807) is 12.1 Å². The number of aryl methyl sites for hydroxylation is 1. The molecule has 4 rings (SSSR count). The van der Waals surface area contributed by atoms with Crippen LogP contribution in [0.2, 0.25) is 0 Å². The van der Waals surface area contributed by atoms with Gasteiger partial charge in [0.05, 0.1) is 24.2 Å². The zero-order valence-corrected chi connectivity index (χ0v) is 20.4. The molecule has 1 fully saturated rings. The van der Waals surface area contributed by atoms with Crippen molar-refractivity contribution in [3.05, 3.63) is 53.1 Å². The first-order valence-electron chi connectivity index (χ1n) is 11.7. The zero-order chi connectivity index (χ0) is 23.6. The topological polar surface area (TPSA) is 76.2 Å². The van der Waals surface area contributed by atoms with Crippen LogP contribution in [0.1, 0.15) is 60.6 Å². The largest absolute Gasteiger partial charge is 0.490 e. The van der Waals surface area contributed by atoms with Crippen LogP contribution in [-0.2, 0) is 10.0 Å². The first-order valence-corrected chi connectivity index (χ1v) is 13.1. The van der Waals surface area contributed by atoms with Crippen molar-refractivity contribution in [3.8, 4) is 11.5 Å². The highest BCUT2D eigenvalue weighted by molar-refractivity contribution is 7.89. The van der Waals surface area contributed by atoms with Gasteiger partial charge >= 0.3 is 0 Å². The Kier molecular flexibility index (Phi) is 6.95. The van der Waals surface area contributed by atoms with E-state index in [1.165, 1.54) is 10.4 Å². The van der Waals surface area contributed by atoms with Gasteiger partial charge in [-0.1, -0.05) is 26.0 Å². The molecule has 0 aromatic heterocycles. The van der Waals surface area contributed by atoms with Crippen molar-refractivity contribution in [3.63, 3.8) is 0 Å². The smallest absolute Gasteiger partial charge is 0.254 e. The third kappa shape index (κ3) is 4.59. The van der Waals surface area contributed by atoms with Gasteiger partial charge in [0.25, 0.3) is 5.91 Å². The van der Waals surface area contributed by atoms with Gasteiger partial charge in [-0.15, -0.1) is 0 Å². The molecule has 2 aromatic rings. The van der Waals surface area contributed by atoms with Crippen LogP contribution in [0.3, 0.4) is 0 Å². The van der Waals surface area contributed by atoms with Crippen LogP contribution in [0.25, 0.3) is 0 Å². The van der Waals surface area contributed by atoms with Gasteiger partial charge in [0.15, 0.2) is 11.5 Å². The van der Waals surface area contributed by atoms with Gasteiger partial charge in [-0.05, 0) is 55.2 Å². The van der Waals surface area contributed by atoms with E-state index in [-0.39, 0.29) is 16.8 Å². The average Bonchev–Trinajstić information content (AvgIpc) is 3.18. The fraction of sp³-hybridized carbons (Fsp3) is 0.480. The fourth-order valence-electron chi connectivity index (χ4n) is 4.60. The summed E-state index contributed by atoms with van der Waals surface area (Å²) < 4.78 is 39.0. The number of hydrogen-bond donors (Lipinski definition) is 0. The third-order valence-corrected chi connectivity index (χ3v) is 8.50. The summed E-state index contributed by atoms with van der Waals surface area (Å²) in [7, 11) is -3.64. The van der Waals surface area contributed by atoms with E-state index in [4.69, 9.17) is 9.47 Å². The van der Waals surface area contributed by atoms with Crippen molar-refractivity contribution in [1.29, 1.82) is 0 Å². The van der Waals surface area contributed by atoms with Crippen LogP contribution >= 0.6 is 0 Å². The molecule has 2 aromatic carbocycles. The molecule has 0 aliphatic carbocycles. The Morgan fingerprint density at radius 2 is 1.76 bits per heavy atom. The molecule has 178 valence electrons. The minimum atomic E-state index is -3.64. The Bertz CT molecular complexity index is 1130. The van der Waals surface area contributed by atoms with E-state index >= 15 is 0 Å². The summed E-state index contributed by atoms with van der Waals surface area (Å²) in [5.41, 5.74) is 2.21. The van der Waals surface area contributed by atoms with Crippen LogP contribution in [0.4, 0.5) is 0 Å². The van der Waals surface area contributed by atoms with Crippen molar-refractivity contribution < 1.29 is 22.7 Å². The normalized spacial score (nSPS) is 18.4. The maximum atomic E-state index is 13.6. The number of fused-ring (bicyclic) bond motifs is 1. The number of carbonyl (C=O) groups is 1. The maximum absolute atomic E-state index is 13.6. The number of sulfonamides is 1. The van der Waals surface area contributed by atoms with Crippen LogP contribution < -0.4 is 9.47 Å². The molecule has 33 heavy (non-hydrogen) atoms. The van der Waals surface area contributed by atoms with Crippen molar-refractivity contribution in [1.82, 2.24) is 9.21 Å². The summed E-state index contributed by atoms with van der Waals surface area (Å²) in [6.07, 6.45) is 2.58. The minimum Gasteiger partial charge on any atom is -0.490 e. The van der Waals surface area contributed by atoms with Gasteiger partial charge in [-0.3, -0.25) is 4.79 Å². The molecule has 0 unspecified atom stereocenters. The van der Waals surface area contributed by atoms with Gasteiger partial charge in [-0.25, -0.2) is 8.42 Å². The average molecular weight is 473 g/mol. The first kappa shape index (κ1) is 23.6. The maximum Gasteiger partial charge on any atom is 0.254 e. The summed E-state index contributed by atoms with van der Waals surface area (Å²) in [4.78, 5) is 15.7. The zero-order valence-electron chi connectivity index (χ0n) is 19.5. The molecular formula is C25H32N2O5S. The number of likely N-dealkylation sites (tertiary alicyclic amines) is 1. The minimum absolute atomic E-state index is 0.0860. The quantitative estimate of drug-likeness (QED) is 0.631. The standard InChI is InChI=1S/C25H32N2O5S/c1-4-26(5-2)33(29,30)20-11-9-18(3)21(17-20)25(28)27-13-6-8-22(27)19-10-12-23-24(16-19)32-15-7-14-31-23/h9-12,16-17,22H,4-8,13-15H2,1-3H3/t22-/m1/s1. The summed E-state index contributed by atoms with van der Waals surface area (Å²) in [5, 5.41) is 0. The van der Waals surface area contributed by atoms with E-state index < -0.39 is 10.0 Å². The van der Waals surface area contributed by atoms with Crippen molar-refractivity contribution in [2.45, 2.75) is 51.0 Å². The highest BCUT2D eigenvalue weighted by Gasteiger charge is 2.33. The molecule has 0 N–H and O–H groups in total. The summed E-state index contributed by atoms with van der Waals surface area (Å²) in [6.45, 7) is 8.10. The lowest BCUT2D eigenvalue weighted by Crippen LogP contribution is -2.32. The van der Waals surface area contributed by atoms with E-state index in [2.05, 4.69) is 0 Å². The molecule has 1 amide bonds. The monoisotopic (exact) mass is 472 g/mol. The van der Waals surface area contributed by atoms with E-state index in [0.717, 1.165) is 36.1 Å². The molecule has 2 aliphatic rings. The number of hydrogen-bond acceptors (Lipinski definition) is 5. The lowest BCUT2D eigenvalue weighted by Gasteiger charge is -2.27. The number of amides is 1. The van der Waals surface area contributed by atoms with Crippen molar-refractivity contribution >= 4 is 15.9 Å². The van der Waals surface area contributed by atoms with Crippen LogP contribution in [0.5, 0.6) is 11.5 Å². The van der Waals surface area contributed by atoms with Gasteiger partial charge in [0, 0.05) is 31.6 Å². The Morgan fingerprint density at radius 1 is 1.03 bits per heavy atom. The summed E-state index contributed by atoms with van der Waals surface area (Å²) >= 11 is 0. The molecule has 2 heterocycles. The molecule has 1 saturated heterocycles. The van der Waals surface area contributed by atoms with Gasteiger partial charge < -0.3 is 14.4 Å². The first-order chi connectivity index (χ1) is 15.9. The fourth-order valence-corrected chi connectivity index (χ4v) is 6.09. The molecular weight excluding hydrogens is 440 g/mol. The predicted octanol–water partition coefficient (Wildman–Crippen LogP) is 4.16. The molecule has 0 spiro atoms. The second-order valence-corrected chi connectivity index (χ2v) is 10.4. The second kappa shape index (κ2) is 9.73. The number of ether oxygens (including phenoxy) is 2. The predicted molar refractivity (Wildman–Crippen MR) is 126 cm³/mol. The molecule has 0 saturated carbocycles. The summed E-state index contributed by atoms with van der Waals surface area (Å²) in [5.74, 6) is 1.31. The van der Waals surface area contributed by atoms with Gasteiger partial charge in [-0.2, -0.15) is 4.31 Å². The summed E-state index contributed by atoms with van der Waals surface area (Å²) in [6, 6.07) is 10.7. The molecule has 0 bridgehead atoms. The highest BCUT2D eigenvalue weighted by atomic mass is 32.2. The van der Waals surface area contributed by atoms with Crippen LogP contribution in [0.15, 0.2) is 41.3 Å². The Morgan fingerprint density at radius 3 is 2.48 bits per heavy atom. The number of benzene rings is 2. The molecule has 1 atom stereocenters. The Balaban J connectivity index is 1.65. The van der Waals surface area contributed by atoms with E-state index in [9.17, 15) is 13.2 Å². The molecule has 2 aliphatic heterocycles. The van der Waals surface area contributed by atoms with Crippen molar-refractivity contribution in [2.24, 2.45) is 0 Å². The molecule has 8 heteroatoms. The van der Waals surface area contributed by atoms with E-state index in [0.29, 0.717) is 44.2 Å². The SMILES string of the molecule is CCN(CC)S(=O)(=O)c1ccc(C)c(C(=O)N2CCC[C@@H]2c2ccc3c(c2)OCCCO3)c1. The Hall–Kier alpha value is -2.58. The highest BCUT2D eigenvalue weighted by Crippen LogP contribution is 2.39. The Labute approximate surface area is 196 Å². The van der Waals surface area contributed by atoms with E-state index in [1.807, 2.05) is 43.9 Å². The van der Waals surface area contributed by atoms with Crippen LogP contribution in [0, 0.1) is 6.92 Å². The van der Waals surface area contributed by atoms with Gasteiger partial charge in [0.1, 0.15) is 0 Å². The number of carbonyl (C=O) groups excluding carboxylic acids is 1. The number of rotatable bonds is 6. The third-order valence-electron chi connectivity index (χ3n) is 6.45.